The van der Waals surface area contributed by atoms with E-state index >= 15 is 0 Å². The van der Waals surface area contributed by atoms with E-state index in [1.807, 2.05) is 30.3 Å². The van der Waals surface area contributed by atoms with Crippen molar-refractivity contribution in [2.24, 2.45) is 0 Å². The Balaban J connectivity index is 1.74. The first kappa shape index (κ1) is 16.1. The van der Waals surface area contributed by atoms with Crippen LogP contribution in [0.25, 0.3) is 0 Å². The van der Waals surface area contributed by atoms with Crippen molar-refractivity contribution in [3.8, 4) is 5.75 Å². The molecule has 0 aliphatic carbocycles. The van der Waals surface area contributed by atoms with Crippen molar-refractivity contribution in [1.29, 1.82) is 0 Å². The molecule has 0 aliphatic rings. The third kappa shape index (κ3) is 4.17. The van der Waals surface area contributed by atoms with Crippen LogP contribution in [0.1, 0.15) is 5.82 Å². The number of nitrogens with zero attached hydrogens (tertiary/aromatic N) is 3. The van der Waals surface area contributed by atoms with E-state index in [1.165, 1.54) is 12.1 Å². The van der Waals surface area contributed by atoms with Crippen LogP contribution in [0.5, 0.6) is 5.75 Å². The second-order valence-electron chi connectivity index (χ2n) is 4.79. The van der Waals surface area contributed by atoms with E-state index in [0.29, 0.717) is 16.2 Å². The molecule has 6 nitrogen and oxygen atoms in total. The zero-order valence-electron chi connectivity index (χ0n) is 12.4. The summed E-state index contributed by atoms with van der Waals surface area (Å²) in [7, 11) is 0. The van der Waals surface area contributed by atoms with Crippen LogP contribution in [-0.2, 0) is 6.61 Å². The van der Waals surface area contributed by atoms with Crippen LogP contribution in [0.4, 0.5) is 22.0 Å². The first-order valence-electron chi connectivity index (χ1n) is 7.00. The van der Waals surface area contributed by atoms with Gasteiger partial charge in [-0.05, 0) is 30.3 Å². The molecule has 0 spiro atoms. The molecule has 0 bridgehead atoms. The van der Waals surface area contributed by atoms with Gasteiger partial charge in [-0.3, -0.25) is 0 Å². The Hall–Kier alpha value is -2.74. The fraction of sp³-hybridized carbons (Fsp3) is 0.0625. The van der Waals surface area contributed by atoms with Gasteiger partial charge >= 0.3 is 0 Å². The number of rotatable bonds is 5. The highest BCUT2D eigenvalue weighted by molar-refractivity contribution is 9.10. The van der Waals surface area contributed by atoms with E-state index in [1.54, 1.807) is 6.07 Å². The lowest BCUT2D eigenvalue weighted by atomic mass is 10.3. The van der Waals surface area contributed by atoms with Gasteiger partial charge < -0.3 is 15.8 Å². The molecule has 0 aliphatic heterocycles. The summed E-state index contributed by atoms with van der Waals surface area (Å²) in [5, 5.41) is 3.02. The molecule has 0 saturated heterocycles. The Morgan fingerprint density at radius 1 is 1.08 bits per heavy atom. The summed E-state index contributed by atoms with van der Waals surface area (Å²) in [5.74, 6) is 0.272. The third-order valence-corrected chi connectivity index (χ3v) is 3.47. The van der Waals surface area contributed by atoms with Gasteiger partial charge in [-0.15, -0.1) is 0 Å². The van der Waals surface area contributed by atoms with Gasteiger partial charge in [-0.25, -0.2) is 4.39 Å². The largest absolute Gasteiger partial charge is 0.483 e. The summed E-state index contributed by atoms with van der Waals surface area (Å²) < 4.78 is 19.8. The van der Waals surface area contributed by atoms with Crippen LogP contribution in [0.2, 0.25) is 0 Å². The molecule has 0 amide bonds. The van der Waals surface area contributed by atoms with E-state index in [2.05, 4.69) is 36.2 Å². The Bertz CT molecular complexity index is 847. The minimum Gasteiger partial charge on any atom is -0.483 e. The second-order valence-corrected chi connectivity index (χ2v) is 5.70. The molecular formula is C16H13BrFN5O. The zero-order chi connectivity index (χ0) is 16.9. The van der Waals surface area contributed by atoms with Crippen LogP contribution in [0.3, 0.4) is 0 Å². The molecule has 0 atom stereocenters. The molecule has 0 unspecified atom stereocenters. The van der Waals surface area contributed by atoms with Crippen molar-refractivity contribution in [2.45, 2.75) is 6.61 Å². The second kappa shape index (κ2) is 7.22. The predicted octanol–water partition coefficient (Wildman–Crippen LogP) is 3.68. The minimum absolute atomic E-state index is 0.0330. The van der Waals surface area contributed by atoms with E-state index in [4.69, 9.17) is 10.5 Å². The number of hydrogen-bond donors (Lipinski definition) is 2. The molecule has 0 fully saturated rings. The molecule has 0 radical (unpaired) electrons. The Kier molecular flexibility index (Phi) is 4.85. The van der Waals surface area contributed by atoms with Crippen molar-refractivity contribution in [3.63, 3.8) is 0 Å². The summed E-state index contributed by atoms with van der Waals surface area (Å²) in [5.41, 5.74) is 6.51. The number of nitrogen functional groups attached to an aromatic ring is 1. The normalized spacial score (nSPS) is 10.4. The molecule has 122 valence electrons. The quantitative estimate of drug-likeness (QED) is 0.691. The standard InChI is InChI=1S/C16H13BrFN5O/c17-10-6-7-13(12(18)8-10)24-9-14-21-15(19)23-16(22-14)20-11-4-2-1-3-5-11/h1-8H,9H2,(H3,19,20,21,22,23). The molecule has 8 heteroatoms. The number of nitrogens with two attached hydrogens (primary N) is 1. The molecule has 24 heavy (non-hydrogen) atoms. The Morgan fingerprint density at radius 3 is 2.62 bits per heavy atom. The maximum absolute atomic E-state index is 13.8. The monoisotopic (exact) mass is 389 g/mol. The van der Waals surface area contributed by atoms with Crippen molar-refractivity contribution in [1.82, 2.24) is 15.0 Å². The lowest BCUT2D eigenvalue weighted by Gasteiger charge is -2.09. The van der Waals surface area contributed by atoms with Crippen molar-refractivity contribution in [3.05, 3.63) is 64.6 Å². The third-order valence-electron chi connectivity index (χ3n) is 2.98. The summed E-state index contributed by atoms with van der Waals surface area (Å²) in [6.07, 6.45) is 0. The maximum atomic E-state index is 13.8. The van der Waals surface area contributed by atoms with Gasteiger partial charge in [0.2, 0.25) is 11.9 Å². The first-order valence-corrected chi connectivity index (χ1v) is 7.80. The average Bonchev–Trinajstić information content (AvgIpc) is 2.54. The number of ether oxygens (including phenoxy) is 1. The first-order chi connectivity index (χ1) is 11.6. The van der Waals surface area contributed by atoms with Gasteiger partial charge in [-0.2, -0.15) is 15.0 Å². The maximum Gasteiger partial charge on any atom is 0.232 e. The molecular weight excluding hydrogens is 377 g/mol. The van der Waals surface area contributed by atoms with E-state index in [0.717, 1.165) is 5.69 Å². The van der Waals surface area contributed by atoms with E-state index in [-0.39, 0.29) is 18.3 Å². The summed E-state index contributed by atoms with van der Waals surface area (Å²) in [6.45, 7) is -0.0330. The number of nitrogens with one attached hydrogen (secondary N) is 1. The summed E-state index contributed by atoms with van der Waals surface area (Å²) >= 11 is 3.19. The fourth-order valence-corrected chi connectivity index (χ4v) is 2.28. The summed E-state index contributed by atoms with van der Waals surface area (Å²) in [4.78, 5) is 12.2. The van der Waals surface area contributed by atoms with Gasteiger partial charge in [-0.1, -0.05) is 34.1 Å². The van der Waals surface area contributed by atoms with Crippen LogP contribution in [0, 0.1) is 5.82 Å². The zero-order valence-corrected chi connectivity index (χ0v) is 14.0. The van der Waals surface area contributed by atoms with Crippen molar-refractivity contribution < 1.29 is 9.13 Å². The fourth-order valence-electron chi connectivity index (χ4n) is 1.94. The molecule has 3 rings (SSSR count). The Labute approximate surface area is 146 Å². The SMILES string of the molecule is Nc1nc(COc2ccc(Br)cc2F)nc(Nc2ccccc2)n1. The topological polar surface area (TPSA) is 86.0 Å². The lowest BCUT2D eigenvalue weighted by Crippen LogP contribution is -2.09. The number of benzene rings is 2. The van der Waals surface area contributed by atoms with Gasteiger partial charge in [0.15, 0.2) is 17.4 Å². The highest BCUT2D eigenvalue weighted by Gasteiger charge is 2.08. The smallest absolute Gasteiger partial charge is 0.232 e. The number of hydrogen-bond acceptors (Lipinski definition) is 6. The van der Waals surface area contributed by atoms with Crippen molar-refractivity contribution in [2.75, 3.05) is 11.1 Å². The number of halogens is 2. The number of para-hydroxylation sites is 1. The number of anilines is 3. The minimum atomic E-state index is -0.478. The predicted molar refractivity (Wildman–Crippen MR) is 92.4 cm³/mol. The van der Waals surface area contributed by atoms with Gasteiger partial charge in [0.1, 0.15) is 6.61 Å². The van der Waals surface area contributed by atoms with E-state index in [9.17, 15) is 4.39 Å². The molecule has 0 saturated carbocycles. The molecule has 1 heterocycles. The van der Waals surface area contributed by atoms with Crippen molar-refractivity contribution >= 4 is 33.5 Å². The van der Waals surface area contributed by atoms with E-state index < -0.39 is 5.82 Å². The molecule has 1 aromatic heterocycles. The molecule has 3 N–H and O–H groups in total. The lowest BCUT2D eigenvalue weighted by molar-refractivity contribution is 0.281. The average molecular weight is 390 g/mol. The molecule has 2 aromatic carbocycles. The Morgan fingerprint density at radius 2 is 1.88 bits per heavy atom. The van der Waals surface area contributed by atoms with Gasteiger partial charge in [0.05, 0.1) is 0 Å². The van der Waals surface area contributed by atoms with Crippen LogP contribution < -0.4 is 15.8 Å². The van der Waals surface area contributed by atoms with Crippen LogP contribution in [-0.4, -0.2) is 15.0 Å². The van der Waals surface area contributed by atoms with Gasteiger partial charge in [0, 0.05) is 10.2 Å². The van der Waals surface area contributed by atoms with Crippen LogP contribution in [0.15, 0.2) is 53.0 Å². The number of aromatic nitrogens is 3. The van der Waals surface area contributed by atoms with Crippen LogP contribution >= 0.6 is 15.9 Å². The highest BCUT2D eigenvalue weighted by atomic mass is 79.9. The molecule has 3 aromatic rings. The highest BCUT2D eigenvalue weighted by Crippen LogP contribution is 2.22. The van der Waals surface area contributed by atoms with Gasteiger partial charge in [0.25, 0.3) is 0 Å². The summed E-state index contributed by atoms with van der Waals surface area (Å²) in [6, 6.07) is 13.9.